The summed E-state index contributed by atoms with van der Waals surface area (Å²) in [5.41, 5.74) is 8.32. The summed E-state index contributed by atoms with van der Waals surface area (Å²) in [5, 5.41) is 0. The third-order valence-electron chi connectivity index (χ3n) is 3.97. The van der Waals surface area contributed by atoms with Gasteiger partial charge in [-0.15, -0.1) is 5.73 Å². The van der Waals surface area contributed by atoms with Gasteiger partial charge in [0.2, 0.25) is 0 Å². The first-order valence-electron chi connectivity index (χ1n) is 5.68. The fourth-order valence-electron chi connectivity index (χ4n) is 3.28. The van der Waals surface area contributed by atoms with Gasteiger partial charge in [0.15, 0.2) is 0 Å². The van der Waals surface area contributed by atoms with Crippen molar-refractivity contribution >= 4 is 0 Å². The predicted molar refractivity (Wildman–Crippen MR) is 63.0 cm³/mol. The van der Waals surface area contributed by atoms with E-state index in [1.54, 1.807) is 5.56 Å². The second kappa shape index (κ2) is 2.65. The van der Waals surface area contributed by atoms with Crippen molar-refractivity contribution in [2.45, 2.75) is 32.1 Å². The molecule has 0 spiro atoms. The van der Waals surface area contributed by atoms with Crippen LogP contribution >= 0.6 is 0 Å². The van der Waals surface area contributed by atoms with Crippen LogP contribution in [-0.2, 0) is 5.41 Å². The van der Waals surface area contributed by atoms with Crippen molar-refractivity contribution in [3.8, 4) is 0 Å². The van der Waals surface area contributed by atoms with Gasteiger partial charge in [-0.25, -0.2) is 0 Å². The second-order valence-corrected chi connectivity index (χ2v) is 5.15. The molecule has 2 aliphatic rings. The van der Waals surface area contributed by atoms with Crippen LogP contribution in [-0.4, -0.2) is 0 Å². The SMILES string of the molecule is CC=C=C1[C@@H]2c3ccccc3C(C)(C)[C@H]12. The zero-order valence-electron chi connectivity index (χ0n) is 9.54. The summed E-state index contributed by atoms with van der Waals surface area (Å²) in [5.74, 6) is 1.39. The van der Waals surface area contributed by atoms with Gasteiger partial charge in [-0.2, -0.15) is 0 Å². The highest BCUT2D eigenvalue weighted by Crippen LogP contribution is 2.68. The maximum absolute atomic E-state index is 3.41. The zero-order valence-corrected chi connectivity index (χ0v) is 9.54. The van der Waals surface area contributed by atoms with Crippen LogP contribution in [0.4, 0.5) is 0 Å². The maximum atomic E-state index is 3.41. The van der Waals surface area contributed by atoms with Crippen molar-refractivity contribution in [2.24, 2.45) is 5.92 Å². The number of benzene rings is 1. The smallest absolute Gasteiger partial charge is 0.0211 e. The average molecular weight is 196 g/mol. The number of allylic oxidation sites excluding steroid dienone is 1. The molecular formula is C15H16. The Morgan fingerprint density at radius 1 is 1.27 bits per heavy atom. The normalized spacial score (nSPS) is 29.1. The van der Waals surface area contributed by atoms with E-state index in [-0.39, 0.29) is 0 Å². The quantitative estimate of drug-likeness (QED) is 0.554. The average Bonchev–Trinajstić information content (AvgIpc) is 2.87. The van der Waals surface area contributed by atoms with E-state index in [1.165, 1.54) is 11.1 Å². The van der Waals surface area contributed by atoms with Crippen LogP contribution in [0.1, 0.15) is 37.8 Å². The second-order valence-electron chi connectivity index (χ2n) is 5.15. The van der Waals surface area contributed by atoms with Crippen molar-refractivity contribution in [3.63, 3.8) is 0 Å². The van der Waals surface area contributed by atoms with E-state index in [4.69, 9.17) is 0 Å². The summed E-state index contributed by atoms with van der Waals surface area (Å²) in [4.78, 5) is 0. The fourth-order valence-corrected chi connectivity index (χ4v) is 3.28. The molecule has 1 aromatic rings. The van der Waals surface area contributed by atoms with Crippen molar-refractivity contribution in [1.29, 1.82) is 0 Å². The Hall–Kier alpha value is -1.26. The molecule has 0 amide bonds. The van der Waals surface area contributed by atoms with Gasteiger partial charge in [-0.05, 0) is 35.1 Å². The van der Waals surface area contributed by atoms with Crippen LogP contribution < -0.4 is 0 Å². The molecule has 1 saturated carbocycles. The summed E-state index contributed by atoms with van der Waals surface area (Å²) in [6, 6.07) is 8.88. The monoisotopic (exact) mass is 196 g/mol. The van der Waals surface area contributed by atoms with Crippen LogP contribution in [0.15, 0.2) is 41.6 Å². The first kappa shape index (κ1) is 9.00. The van der Waals surface area contributed by atoms with E-state index >= 15 is 0 Å². The molecule has 0 heterocycles. The van der Waals surface area contributed by atoms with Gasteiger partial charge in [-0.3, -0.25) is 0 Å². The summed E-state index contributed by atoms with van der Waals surface area (Å²) in [6.45, 7) is 6.78. The third kappa shape index (κ3) is 0.979. The third-order valence-corrected chi connectivity index (χ3v) is 3.97. The van der Waals surface area contributed by atoms with Gasteiger partial charge >= 0.3 is 0 Å². The van der Waals surface area contributed by atoms with E-state index < -0.39 is 0 Å². The highest BCUT2D eigenvalue weighted by atomic mass is 14.6. The summed E-state index contributed by atoms with van der Waals surface area (Å²) < 4.78 is 0. The molecule has 1 aromatic carbocycles. The Labute approximate surface area is 91.3 Å². The number of rotatable bonds is 0. The lowest BCUT2D eigenvalue weighted by Gasteiger charge is -2.22. The Morgan fingerprint density at radius 3 is 2.73 bits per heavy atom. The van der Waals surface area contributed by atoms with Crippen molar-refractivity contribution in [2.75, 3.05) is 0 Å². The molecule has 15 heavy (non-hydrogen) atoms. The van der Waals surface area contributed by atoms with Crippen molar-refractivity contribution in [1.82, 2.24) is 0 Å². The topological polar surface area (TPSA) is 0 Å². The molecule has 2 aliphatic carbocycles. The first-order valence-corrected chi connectivity index (χ1v) is 5.68. The molecule has 0 bridgehead atoms. The van der Waals surface area contributed by atoms with E-state index in [2.05, 4.69) is 50.8 Å². The summed E-state index contributed by atoms with van der Waals surface area (Å²) in [6.07, 6.45) is 2.05. The number of fused-ring (bicyclic) bond motifs is 3. The number of hydrogen-bond acceptors (Lipinski definition) is 0. The molecule has 0 N–H and O–H groups in total. The van der Waals surface area contributed by atoms with Crippen LogP contribution in [0.3, 0.4) is 0 Å². The van der Waals surface area contributed by atoms with E-state index in [1.807, 2.05) is 6.08 Å². The highest BCUT2D eigenvalue weighted by Gasteiger charge is 2.60. The van der Waals surface area contributed by atoms with Gasteiger partial charge < -0.3 is 0 Å². The molecule has 76 valence electrons. The van der Waals surface area contributed by atoms with Crippen LogP contribution in [0, 0.1) is 5.92 Å². The van der Waals surface area contributed by atoms with Gasteiger partial charge in [0.05, 0.1) is 0 Å². The lowest BCUT2D eigenvalue weighted by atomic mass is 9.82. The molecule has 2 atom stereocenters. The standard InChI is InChI=1S/C15H16/c1-4-7-11-13-10-8-5-6-9-12(10)15(2,3)14(11)13/h4-6,8-9,13-14H,1-3H3/t7?,13-,14+/m0/s1. The fraction of sp³-hybridized carbons (Fsp3) is 0.400. The van der Waals surface area contributed by atoms with Crippen LogP contribution in [0.2, 0.25) is 0 Å². The maximum Gasteiger partial charge on any atom is 0.0211 e. The Bertz CT molecular complexity index is 485. The van der Waals surface area contributed by atoms with Gasteiger partial charge in [-0.1, -0.05) is 38.1 Å². The molecule has 0 radical (unpaired) electrons. The van der Waals surface area contributed by atoms with Crippen LogP contribution in [0.25, 0.3) is 0 Å². The molecule has 0 heteroatoms. The van der Waals surface area contributed by atoms with Gasteiger partial charge in [0.25, 0.3) is 0 Å². The van der Waals surface area contributed by atoms with Gasteiger partial charge in [0.1, 0.15) is 0 Å². The molecule has 3 rings (SSSR count). The predicted octanol–water partition coefficient (Wildman–Crippen LogP) is 3.79. The molecule has 0 aliphatic heterocycles. The lowest BCUT2D eigenvalue weighted by molar-refractivity contribution is 0.487. The largest absolute Gasteiger partial charge is 0.125 e. The molecular weight excluding hydrogens is 180 g/mol. The highest BCUT2D eigenvalue weighted by molar-refractivity contribution is 5.60. The van der Waals surface area contributed by atoms with E-state index in [0.29, 0.717) is 17.3 Å². The Balaban J connectivity index is 2.21. The van der Waals surface area contributed by atoms with E-state index in [0.717, 1.165) is 0 Å². The molecule has 0 unspecified atom stereocenters. The molecule has 0 aromatic heterocycles. The minimum atomic E-state index is 0.312. The minimum Gasteiger partial charge on any atom is -0.125 e. The summed E-state index contributed by atoms with van der Waals surface area (Å²) in [7, 11) is 0. The Morgan fingerprint density at radius 2 is 2.00 bits per heavy atom. The molecule has 0 saturated heterocycles. The van der Waals surface area contributed by atoms with Crippen LogP contribution in [0.5, 0.6) is 0 Å². The lowest BCUT2D eigenvalue weighted by Crippen LogP contribution is -2.17. The Kier molecular flexibility index (Phi) is 1.59. The van der Waals surface area contributed by atoms with Crippen molar-refractivity contribution < 1.29 is 0 Å². The van der Waals surface area contributed by atoms with Gasteiger partial charge in [0, 0.05) is 11.8 Å². The zero-order chi connectivity index (χ0) is 10.6. The van der Waals surface area contributed by atoms with Crippen molar-refractivity contribution in [3.05, 3.63) is 52.8 Å². The summed E-state index contributed by atoms with van der Waals surface area (Å²) >= 11 is 0. The minimum absolute atomic E-state index is 0.312. The first-order chi connectivity index (χ1) is 7.18. The molecule has 1 fully saturated rings. The molecule has 0 nitrogen and oxygen atoms in total. The number of hydrogen-bond donors (Lipinski definition) is 0. The van der Waals surface area contributed by atoms with E-state index in [9.17, 15) is 0 Å².